The fourth-order valence-corrected chi connectivity index (χ4v) is 2.21. The van der Waals surface area contributed by atoms with Crippen LogP contribution in [0.1, 0.15) is 23.6 Å². The molecule has 0 unspecified atom stereocenters. The Morgan fingerprint density at radius 3 is 2.00 bits per heavy atom. The number of alkyl halides is 1. The van der Waals surface area contributed by atoms with Gasteiger partial charge in [0.05, 0.1) is 0 Å². The summed E-state index contributed by atoms with van der Waals surface area (Å²) in [5, 5.41) is 3.43. The van der Waals surface area contributed by atoms with Crippen LogP contribution < -0.4 is 5.32 Å². The summed E-state index contributed by atoms with van der Waals surface area (Å²) >= 11 is 5.73. The number of hydrogen-bond acceptors (Lipinski definition) is 1. The van der Waals surface area contributed by atoms with E-state index < -0.39 is 0 Å². The minimum atomic E-state index is 0.677. The molecule has 0 saturated heterocycles. The number of aryl methyl sites for hydroxylation is 2. The van der Waals surface area contributed by atoms with Gasteiger partial charge in [-0.15, -0.1) is 11.6 Å². The van der Waals surface area contributed by atoms with Gasteiger partial charge in [-0.1, -0.05) is 43.3 Å². The van der Waals surface area contributed by atoms with E-state index in [0.717, 1.165) is 25.1 Å². The highest BCUT2D eigenvalue weighted by Gasteiger charge is 1.96. The molecule has 100 valence electrons. The summed E-state index contributed by atoms with van der Waals surface area (Å²) in [6, 6.07) is 17.3. The second-order valence-corrected chi connectivity index (χ2v) is 5.04. The second-order valence-electron chi connectivity index (χ2n) is 4.66. The van der Waals surface area contributed by atoms with Gasteiger partial charge in [0.2, 0.25) is 0 Å². The minimum Gasteiger partial charge on any atom is -0.381 e. The summed E-state index contributed by atoms with van der Waals surface area (Å²) in [5.74, 6) is 0.677. The molecule has 0 aliphatic rings. The van der Waals surface area contributed by atoms with E-state index in [1.165, 1.54) is 16.7 Å². The van der Waals surface area contributed by atoms with E-state index in [0.29, 0.717) is 5.88 Å². The van der Waals surface area contributed by atoms with Crippen LogP contribution >= 0.6 is 11.6 Å². The lowest BCUT2D eigenvalue weighted by atomic mass is 10.1. The van der Waals surface area contributed by atoms with Gasteiger partial charge in [-0.2, -0.15) is 0 Å². The Morgan fingerprint density at radius 1 is 0.842 bits per heavy atom. The van der Waals surface area contributed by atoms with Crippen LogP contribution in [0.2, 0.25) is 0 Å². The molecule has 0 saturated carbocycles. The monoisotopic (exact) mass is 273 g/mol. The maximum absolute atomic E-state index is 5.73. The lowest BCUT2D eigenvalue weighted by molar-refractivity contribution is 1.10. The molecule has 2 rings (SSSR count). The third-order valence-electron chi connectivity index (χ3n) is 3.26. The zero-order valence-corrected chi connectivity index (χ0v) is 12.1. The van der Waals surface area contributed by atoms with Crippen molar-refractivity contribution in [2.75, 3.05) is 11.2 Å². The van der Waals surface area contributed by atoms with E-state index in [-0.39, 0.29) is 0 Å². The highest BCUT2D eigenvalue weighted by molar-refractivity contribution is 6.17. The van der Waals surface area contributed by atoms with Gasteiger partial charge >= 0.3 is 0 Å². The topological polar surface area (TPSA) is 12.0 Å². The van der Waals surface area contributed by atoms with E-state index >= 15 is 0 Å². The fourth-order valence-electron chi connectivity index (χ4n) is 2.00. The summed E-state index contributed by atoms with van der Waals surface area (Å²) in [6.07, 6.45) is 2.02. The number of benzene rings is 2. The molecule has 19 heavy (non-hydrogen) atoms. The first kappa shape index (κ1) is 14.0. The van der Waals surface area contributed by atoms with Crippen LogP contribution in [0.4, 0.5) is 5.69 Å². The van der Waals surface area contributed by atoms with Crippen LogP contribution in [-0.4, -0.2) is 5.88 Å². The number of anilines is 1. The molecule has 0 spiro atoms. The minimum absolute atomic E-state index is 0.677. The van der Waals surface area contributed by atoms with Crippen molar-refractivity contribution in [3.05, 3.63) is 65.2 Å². The van der Waals surface area contributed by atoms with Crippen molar-refractivity contribution in [2.45, 2.75) is 26.3 Å². The van der Waals surface area contributed by atoms with Crippen LogP contribution in [0.15, 0.2) is 48.5 Å². The first-order valence-corrected chi connectivity index (χ1v) is 7.32. The third-order valence-corrected chi connectivity index (χ3v) is 3.45. The molecule has 0 heterocycles. The van der Waals surface area contributed by atoms with Crippen molar-refractivity contribution in [2.24, 2.45) is 0 Å². The molecule has 2 aromatic rings. The Morgan fingerprint density at radius 2 is 1.42 bits per heavy atom. The molecule has 0 aliphatic heterocycles. The van der Waals surface area contributed by atoms with Crippen molar-refractivity contribution < 1.29 is 0 Å². The van der Waals surface area contributed by atoms with Gasteiger partial charge < -0.3 is 5.32 Å². The molecule has 0 fully saturated rings. The summed E-state index contributed by atoms with van der Waals surface area (Å²) < 4.78 is 0. The van der Waals surface area contributed by atoms with Gasteiger partial charge in [0.15, 0.2) is 0 Å². The molecular weight excluding hydrogens is 254 g/mol. The molecule has 0 amide bonds. The Bertz CT molecular complexity index is 488. The number of halogens is 1. The Kier molecular flexibility index (Phi) is 5.29. The predicted molar refractivity (Wildman–Crippen MR) is 84.0 cm³/mol. The Balaban J connectivity index is 1.90. The third kappa shape index (κ3) is 4.29. The standard InChI is InChI=1S/C17H20ClN/c1-2-14-3-5-16(6-4-14)13-19-17-9-7-15(8-10-17)11-12-18/h3-10,19H,2,11-13H2,1H3. The Hall–Kier alpha value is -1.47. The van der Waals surface area contributed by atoms with E-state index in [1.807, 2.05) is 0 Å². The highest BCUT2D eigenvalue weighted by Crippen LogP contribution is 2.12. The SMILES string of the molecule is CCc1ccc(CNc2ccc(CCCl)cc2)cc1. The summed E-state index contributed by atoms with van der Waals surface area (Å²) in [6.45, 7) is 3.04. The number of rotatable bonds is 6. The normalized spacial score (nSPS) is 10.4. The molecule has 0 aromatic heterocycles. The van der Waals surface area contributed by atoms with Crippen LogP contribution in [-0.2, 0) is 19.4 Å². The van der Waals surface area contributed by atoms with Crippen molar-refractivity contribution in [3.8, 4) is 0 Å². The lowest BCUT2D eigenvalue weighted by Gasteiger charge is -2.08. The Labute approximate surface area is 120 Å². The largest absolute Gasteiger partial charge is 0.381 e. The van der Waals surface area contributed by atoms with Crippen LogP contribution in [0, 0.1) is 0 Å². The van der Waals surface area contributed by atoms with E-state index in [9.17, 15) is 0 Å². The summed E-state index contributed by atoms with van der Waals surface area (Å²) in [4.78, 5) is 0. The van der Waals surface area contributed by atoms with Crippen LogP contribution in [0.25, 0.3) is 0 Å². The fraction of sp³-hybridized carbons (Fsp3) is 0.294. The molecular formula is C17H20ClN. The van der Waals surface area contributed by atoms with E-state index in [1.54, 1.807) is 0 Å². The molecule has 1 nitrogen and oxygen atoms in total. The average molecular weight is 274 g/mol. The summed E-state index contributed by atoms with van der Waals surface area (Å²) in [5.41, 5.74) is 5.13. The van der Waals surface area contributed by atoms with Crippen molar-refractivity contribution in [1.82, 2.24) is 0 Å². The maximum Gasteiger partial charge on any atom is 0.0400 e. The van der Waals surface area contributed by atoms with Gasteiger partial charge in [-0.25, -0.2) is 0 Å². The van der Waals surface area contributed by atoms with Gasteiger partial charge in [-0.3, -0.25) is 0 Å². The molecule has 0 bridgehead atoms. The average Bonchev–Trinajstić information content (AvgIpc) is 2.47. The lowest BCUT2D eigenvalue weighted by Crippen LogP contribution is -1.99. The molecule has 0 aliphatic carbocycles. The summed E-state index contributed by atoms with van der Waals surface area (Å²) in [7, 11) is 0. The van der Waals surface area contributed by atoms with Crippen molar-refractivity contribution >= 4 is 17.3 Å². The van der Waals surface area contributed by atoms with E-state index in [2.05, 4.69) is 60.8 Å². The second kappa shape index (κ2) is 7.20. The molecule has 2 aromatic carbocycles. The quantitative estimate of drug-likeness (QED) is 0.756. The molecule has 1 N–H and O–H groups in total. The van der Waals surface area contributed by atoms with Gasteiger partial charge in [0.1, 0.15) is 0 Å². The van der Waals surface area contributed by atoms with E-state index in [4.69, 9.17) is 11.6 Å². The highest BCUT2D eigenvalue weighted by atomic mass is 35.5. The first-order chi connectivity index (χ1) is 9.31. The van der Waals surface area contributed by atoms with Gasteiger partial charge in [0.25, 0.3) is 0 Å². The maximum atomic E-state index is 5.73. The van der Waals surface area contributed by atoms with Gasteiger partial charge in [0, 0.05) is 18.1 Å². The zero-order valence-electron chi connectivity index (χ0n) is 11.3. The molecule has 2 heteroatoms. The van der Waals surface area contributed by atoms with Crippen LogP contribution in [0.5, 0.6) is 0 Å². The molecule has 0 radical (unpaired) electrons. The molecule has 0 atom stereocenters. The van der Waals surface area contributed by atoms with Crippen molar-refractivity contribution in [3.63, 3.8) is 0 Å². The van der Waals surface area contributed by atoms with Crippen molar-refractivity contribution in [1.29, 1.82) is 0 Å². The first-order valence-electron chi connectivity index (χ1n) is 6.78. The van der Waals surface area contributed by atoms with Crippen LogP contribution in [0.3, 0.4) is 0 Å². The number of nitrogens with one attached hydrogen (secondary N) is 1. The number of hydrogen-bond donors (Lipinski definition) is 1. The zero-order chi connectivity index (χ0) is 13.5. The predicted octanol–water partition coefficient (Wildman–Crippen LogP) is 4.64. The smallest absolute Gasteiger partial charge is 0.0400 e. The van der Waals surface area contributed by atoms with Gasteiger partial charge in [-0.05, 0) is 41.7 Å².